The van der Waals surface area contributed by atoms with Crippen molar-refractivity contribution in [3.8, 4) is 0 Å². The van der Waals surface area contributed by atoms with Gasteiger partial charge in [-0.15, -0.1) is 0 Å². The van der Waals surface area contributed by atoms with Crippen LogP contribution in [0, 0.1) is 5.41 Å². The van der Waals surface area contributed by atoms with Crippen LogP contribution in [0.25, 0.3) is 0 Å². The number of amides is 1. The highest BCUT2D eigenvalue weighted by atomic mass is 16.5. The van der Waals surface area contributed by atoms with Crippen LogP contribution in [-0.2, 0) is 17.6 Å². The molecule has 27 heavy (non-hydrogen) atoms. The van der Waals surface area contributed by atoms with Gasteiger partial charge >= 0.3 is 0 Å². The van der Waals surface area contributed by atoms with Gasteiger partial charge < -0.3 is 15.4 Å². The average Bonchev–Trinajstić information content (AvgIpc) is 2.72. The number of nitrogens with one attached hydrogen (secondary N) is 2. The summed E-state index contributed by atoms with van der Waals surface area (Å²) in [5.74, 6) is 0.0210. The zero-order valence-electron chi connectivity index (χ0n) is 16.2. The van der Waals surface area contributed by atoms with Gasteiger partial charge in [0.2, 0.25) is 0 Å². The number of hydrogen-bond donors (Lipinski definition) is 2. The summed E-state index contributed by atoms with van der Waals surface area (Å²) in [5.41, 5.74) is 3.22. The predicted molar refractivity (Wildman–Crippen MR) is 109 cm³/mol. The fraction of sp³-hybridized carbons (Fsp3) is 0.435. The third-order valence-electron chi connectivity index (χ3n) is 5.53. The molecule has 1 heterocycles. The lowest BCUT2D eigenvalue weighted by molar-refractivity contribution is 0.0511. The van der Waals surface area contributed by atoms with Gasteiger partial charge in [0.05, 0.1) is 6.61 Å². The predicted octanol–water partition coefficient (Wildman–Crippen LogP) is 3.22. The second-order valence-electron chi connectivity index (χ2n) is 7.51. The van der Waals surface area contributed by atoms with E-state index in [-0.39, 0.29) is 11.3 Å². The van der Waals surface area contributed by atoms with Crippen molar-refractivity contribution in [1.29, 1.82) is 0 Å². The second kappa shape index (κ2) is 9.67. The van der Waals surface area contributed by atoms with E-state index < -0.39 is 0 Å². The first-order valence-corrected chi connectivity index (χ1v) is 9.82. The summed E-state index contributed by atoms with van der Waals surface area (Å²) in [6, 6.07) is 18.4. The van der Waals surface area contributed by atoms with Gasteiger partial charge in [0, 0.05) is 24.6 Å². The molecule has 1 saturated heterocycles. The smallest absolute Gasteiger partial charge is 0.251 e. The summed E-state index contributed by atoms with van der Waals surface area (Å²) < 4.78 is 5.45. The molecule has 0 aromatic heterocycles. The molecule has 1 fully saturated rings. The van der Waals surface area contributed by atoms with Gasteiger partial charge in [-0.3, -0.25) is 4.79 Å². The van der Waals surface area contributed by atoms with Gasteiger partial charge in [0.1, 0.15) is 0 Å². The Kier molecular flexibility index (Phi) is 7.02. The molecule has 1 aliphatic rings. The van der Waals surface area contributed by atoms with Gasteiger partial charge in [-0.1, -0.05) is 48.5 Å². The van der Waals surface area contributed by atoms with Crippen molar-refractivity contribution in [2.45, 2.75) is 25.7 Å². The van der Waals surface area contributed by atoms with Crippen molar-refractivity contribution in [3.05, 3.63) is 71.3 Å². The van der Waals surface area contributed by atoms with E-state index in [2.05, 4.69) is 41.0 Å². The maximum atomic E-state index is 12.9. The molecule has 0 atom stereocenters. The number of ether oxygens (including phenoxy) is 1. The molecule has 0 aliphatic carbocycles. The van der Waals surface area contributed by atoms with Crippen LogP contribution in [0.1, 0.15) is 34.3 Å². The molecule has 0 bridgehead atoms. The van der Waals surface area contributed by atoms with Crippen molar-refractivity contribution in [1.82, 2.24) is 10.6 Å². The lowest BCUT2D eigenvalue weighted by Crippen LogP contribution is -2.47. The quantitative estimate of drug-likeness (QED) is 0.754. The lowest BCUT2D eigenvalue weighted by Gasteiger charge is -2.37. The van der Waals surface area contributed by atoms with E-state index in [0.29, 0.717) is 13.2 Å². The number of piperidine rings is 1. The summed E-state index contributed by atoms with van der Waals surface area (Å²) >= 11 is 0. The Morgan fingerprint density at radius 1 is 1.04 bits per heavy atom. The number of carbonyl (C=O) groups is 1. The lowest BCUT2D eigenvalue weighted by atomic mass is 9.79. The van der Waals surface area contributed by atoms with Crippen molar-refractivity contribution in [3.63, 3.8) is 0 Å². The fourth-order valence-corrected chi connectivity index (χ4v) is 3.88. The fourth-order valence-electron chi connectivity index (χ4n) is 3.88. The maximum absolute atomic E-state index is 12.9. The molecule has 3 rings (SSSR count). The van der Waals surface area contributed by atoms with E-state index in [1.54, 1.807) is 7.11 Å². The Hall–Kier alpha value is -2.17. The number of hydrogen-bond acceptors (Lipinski definition) is 3. The van der Waals surface area contributed by atoms with Gasteiger partial charge in [-0.25, -0.2) is 0 Å². The first-order chi connectivity index (χ1) is 13.2. The summed E-state index contributed by atoms with van der Waals surface area (Å²) in [6.07, 6.45) is 3.85. The van der Waals surface area contributed by atoms with Crippen LogP contribution in [0.5, 0.6) is 0 Å². The van der Waals surface area contributed by atoms with Crippen molar-refractivity contribution < 1.29 is 9.53 Å². The number of benzene rings is 2. The van der Waals surface area contributed by atoms with Crippen LogP contribution in [0.3, 0.4) is 0 Å². The molecule has 4 heteroatoms. The Labute approximate surface area is 162 Å². The molecular weight excluding hydrogens is 336 g/mol. The molecule has 1 aliphatic heterocycles. The summed E-state index contributed by atoms with van der Waals surface area (Å²) in [5, 5.41) is 6.58. The molecule has 2 N–H and O–H groups in total. The number of aryl methyl sites for hydroxylation is 2. The highest BCUT2D eigenvalue weighted by Crippen LogP contribution is 2.28. The Bertz CT molecular complexity index is 719. The molecule has 0 spiro atoms. The zero-order chi connectivity index (χ0) is 19.0. The molecule has 0 unspecified atom stereocenters. The number of carbonyl (C=O) groups excluding carboxylic acids is 1. The molecule has 4 nitrogen and oxygen atoms in total. The van der Waals surface area contributed by atoms with Crippen molar-refractivity contribution in [2.75, 3.05) is 33.4 Å². The normalized spacial score (nSPS) is 16.0. The second-order valence-corrected chi connectivity index (χ2v) is 7.51. The SMILES string of the molecule is COCC1(CNC(=O)c2ccccc2CCc2ccccc2)CCNCC1. The summed E-state index contributed by atoms with van der Waals surface area (Å²) in [7, 11) is 1.74. The van der Waals surface area contributed by atoms with Gasteiger partial charge in [-0.05, 0) is 56.0 Å². The number of rotatable bonds is 8. The third-order valence-corrected chi connectivity index (χ3v) is 5.53. The molecule has 2 aromatic carbocycles. The topological polar surface area (TPSA) is 50.4 Å². The average molecular weight is 367 g/mol. The van der Waals surface area contributed by atoms with Gasteiger partial charge in [-0.2, -0.15) is 0 Å². The van der Waals surface area contributed by atoms with Crippen LogP contribution in [0.4, 0.5) is 0 Å². The minimum Gasteiger partial charge on any atom is -0.384 e. The third kappa shape index (κ3) is 5.41. The molecule has 1 amide bonds. The molecule has 0 radical (unpaired) electrons. The van der Waals surface area contributed by atoms with Crippen LogP contribution in [-0.4, -0.2) is 39.3 Å². The molecule has 2 aromatic rings. The van der Waals surface area contributed by atoms with E-state index in [1.165, 1.54) is 5.56 Å². The van der Waals surface area contributed by atoms with Crippen LogP contribution in [0.15, 0.2) is 54.6 Å². The molecule has 144 valence electrons. The Morgan fingerprint density at radius 3 is 2.48 bits per heavy atom. The van der Waals surface area contributed by atoms with Crippen LogP contribution >= 0.6 is 0 Å². The molecule has 0 saturated carbocycles. The highest BCUT2D eigenvalue weighted by molar-refractivity contribution is 5.95. The minimum absolute atomic E-state index is 0.0210. The van der Waals surface area contributed by atoms with Crippen LogP contribution in [0.2, 0.25) is 0 Å². The van der Waals surface area contributed by atoms with E-state index in [4.69, 9.17) is 4.74 Å². The Morgan fingerprint density at radius 2 is 1.74 bits per heavy atom. The Balaban J connectivity index is 1.64. The van der Waals surface area contributed by atoms with E-state index in [0.717, 1.165) is 49.9 Å². The standard InChI is InChI=1S/C23H30N2O2/c1-27-18-23(13-15-24-16-14-23)17-25-22(26)21-10-6-5-9-20(21)12-11-19-7-3-2-4-8-19/h2-10,24H,11-18H2,1H3,(H,25,26). The molecular formula is C23H30N2O2. The van der Waals surface area contributed by atoms with E-state index in [9.17, 15) is 4.79 Å². The summed E-state index contributed by atoms with van der Waals surface area (Å²) in [6.45, 7) is 3.30. The van der Waals surface area contributed by atoms with Crippen LogP contribution < -0.4 is 10.6 Å². The van der Waals surface area contributed by atoms with E-state index >= 15 is 0 Å². The zero-order valence-corrected chi connectivity index (χ0v) is 16.2. The van der Waals surface area contributed by atoms with Crippen molar-refractivity contribution >= 4 is 5.91 Å². The first kappa shape index (κ1) is 19.6. The first-order valence-electron chi connectivity index (χ1n) is 9.82. The van der Waals surface area contributed by atoms with Gasteiger partial charge in [0.25, 0.3) is 5.91 Å². The number of methoxy groups -OCH3 is 1. The monoisotopic (exact) mass is 366 g/mol. The van der Waals surface area contributed by atoms with Crippen molar-refractivity contribution in [2.24, 2.45) is 5.41 Å². The van der Waals surface area contributed by atoms with E-state index in [1.807, 2.05) is 24.3 Å². The maximum Gasteiger partial charge on any atom is 0.251 e. The largest absolute Gasteiger partial charge is 0.384 e. The minimum atomic E-state index is 0.0210. The van der Waals surface area contributed by atoms with Gasteiger partial charge in [0.15, 0.2) is 0 Å². The summed E-state index contributed by atoms with van der Waals surface area (Å²) in [4.78, 5) is 12.9. The highest BCUT2D eigenvalue weighted by Gasteiger charge is 2.32.